The highest BCUT2D eigenvalue weighted by molar-refractivity contribution is 6.18. The van der Waals surface area contributed by atoms with Crippen molar-refractivity contribution in [1.29, 1.82) is 0 Å². The number of aromatic nitrogens is 1. The number of rotatable bonds is 2. The smallest absolute Gasteiger partial charge is 0.192 e. The van der Waals surface area contributed by atoms with Crippen LogP contribution in [0.1, 0.15) is 46.1 Å². The molecule has 6 rings (SSSR count). The third-order valence-electron chi connectivity index (χ3n) is 8.75. The predicted octanol–water partition coefficient (Wildman–Crippen LogP) is 7.91. The van der Waals surface area contributed by atoms with Gasteiger partial charge in [0.15, 0.2) is 11.7 Å². The van der Waals surface area contributed by atoms with E-state index in [9.17, 15) is 0 Å². The van der Waals surface area contributed by atoms with E-state index in [4.69, 9.17) is 0 Å². The summed E-state index contributed by atoms with van der Waals surface area (Å²) in [7, 11) is 0. The molecule has 158 valence electrons. The monoisotopic (exact) mass is 416 g/mol. The molecule has 2 heterocycles. The molecule has 0 spiro atoms. The van der Waals surface area contributed by atoms with Crippen LogP contribution in [0.25, 0.3) is 43.6 Å². The van der Waals surface area contributed by atoms with Gasteiger partial charge in [0.1, 0.15) is 0 Å². The van der Waals surface area contributed by atoms with E-state index in [0.29, 0.717) is 0 Å². The summed E-state index contributed by atoms with van der Waals surface area (Å²) in [5, 5.41) is 7.99. The fourth-order valence-corrected chi connectivity index (χ4v) is 6.40. The summed E-state index contributed by atoms with van der Waals surface area (Å²) < 4.78 is 2.59. The Bertz CT molecular complexity index is 1530. The predicted molar refractivity (Wildman–Crippen MR) is 136 cm³/mol. The molecule has 1 nitrogen and oxygen atoms in total. The van der Waals surface area contributed by atoms with Gasteiger partial charge < -0.3 is 0 Å². The van der Waals surface area contributed by atoms with Gasteiger partial charge in [0.2, 0.25) is 5.69 Å². The van der Waals surface area contributed by atoms with Crippen LogP contribution in [0.4, 0.5) is 0 Å². The minimum atomic E-state index is 0.0119. The zero-order valence-electron chi connectivity index (χ0n) is 19.4. The molecule has 0 saturated heterocycles. The van der Waals surface area contributed by atoms with Crippen molar-refractivity contribution in [2.75, 3.05) is 0 Å². The van der Waals surface area contributed by atoms with Crippen molar-refractivity contribution in [1.82, 2.24) is 0 Å². The first-order valence-electron chi connectivity index (χ1n) is 11.9. The van der Waals surface area contributed by atoms with E-state index < -0.39 is 0 Å². The van der Waals surface area contributed by atoms with E-state index >= 15 is 0 Å². The zero-order valence-corrected chi connectivity index (χ0v) is 19.4. The fourth-order valence-electron chi connectivity index (χ4n) is 6.40. The molecule has 0 amide bonds. The molecule has 1 aromatic heterocycles. The van der Waals surface area contributed by atoms with E-state index in [0.717, 1.165) is 12.8 Å². The Balaban J connectivity index is 1.78. The van der Waals surface area contributed by atoms with Gasteiger partial charge in [0.25, 0.3) is 0 Å². The average molecular weight is 417 g/mol. The maximum Gasteiger partial charge on any atom is 0.221 e. The number of benzene rings is 4. The molecule has 0 fully saturated rings. The molecule has 0 aliphatic carbocycles. The topological polar surface area (TPSA) is 3.88 Å². The van der Waals surface area contributed by atoms with Crippen LogP contribution in [-0.4, -0.2) is 0 Å². The number of hydrogen-bond acceptors (Lipinski definition) is 0. The highest BCUT2D eigenvalue weighted by Gasteiger charge is 2.56. The van der Waals surface area contributed by atoms with Gasteiger partial charge in [-0.2, -0.15) is 4.57 Å². The lowest BCUT2D eigenvalue weighted by molar-refractivity contribution is -0.764. The summed E-state index contributed by atoms with van der Waals surface area (Å²) in [5.74, 6) is 0. The Kier molecular flexibility index (Phi) is 4.05. The molecule has 0 N–H and O–H groups in total. The lowest BCUT2D eigenvalue weighted by Crippen LogP contribution is -2.67. The molecular formula is C31H30N+. The van der Waals surface area contributed by atoms with Gasteiger partial charge >= 0.3 is 0 Å². The van der Waals surface area contributed by atoms with Crippen LogP contribution in [0.15, 0.2) is 85.1 Å². The molecule has 1 aliphatic rings. The van der Waals surface area contributed by atoms with Crippen LogP contribution in [-0.2, 0) is 11.0 Å². The molecule has 4 aromatic carbocycles. The highest BCUT2D eigenvalue weighted by Crippen LogP contribution is 2.50. The summed E-state index contributed by atoms with van der Waals surface area (Å²) in [5.41, 5.74) is 4.32. The van der Waals surface area contributed by atoms with E-state index in [2.05, 4.69) is 117 Å². The Hall–Kier alpha value is -3.19. The Morgan fingerprint density at radius 1 is 0.625 bits per heavy atom. The van der Waals surface area contributed by atoms with Crippen LogP contribution in [0.3, 0.4) is 0 Å². The maximum absolute atomic E-state index is 2.59. The van der Waals surface area contributed by atoms with Crippen molar-refractivity contribution in [3.8, 4) is 11.3 Å². The van der Waals surface area contributed by atoms with Gasteiger partial charge in [-0.1, -0.05) is 74.5 Å². The van der Waals surface area contributed by atoms with E-state index in [1.54, 1.807) is 0 Å². The second kappa shape index (κ2) is 6.65. The van der Waals surface area contributed by atoms with E-state index in [-0.39, 0.29) is 11.0 Å². The first-order chi connectivity index (χ1) is 15.5. The third-order valence-corrected chi connectivity index (χ3v) is 8.75. The lowest BCUT2D eigenvalue weighted by atomic mass is 9.60. The first kappa shape index (κ1) is 19.5. The standard InChI is InChI=1S/C31H30N/c1-5-30(3)28-14-10-9-13-27(28)29-26-18-17-23-22-12-8-7-11-21(22)15-16-24(23)25(26)19-20-32(29)31(30,4)6-2/h7-20H,5-6H2,1-4H3/q+1. The van der Waals surface area contributed by atoms with Crippen LogP contribution < -0.4 is 4.57 Å². The van der Waals surface area contributed by atoms with Crippen molar-refractivity contribution in [2.45, 2.75) is 51.5 Å². The van der Waals surface area contributed by atoms with Crippen molar-refractivity contribution in [3.05, 3.63) is 90.6 Å². The Morgan fingerprint density at radius 3 is 2.09 bits per heavy atom. The van der Waals surface area contributed by atoms with Crippen LogP contribution in [0.2, 0.25) is 0 Å². The van der Waals surface area contributed by atoms with Gasteiger partial charge in [0, 0.05) is 24.8 Å². The van der Waals surface area contributed by atoms with Crippen LogP contribution >= 0.6 is 0 Å². The normalized spacial score (nSPS) is 22.2. The summed E-state index contributed by atoms with van der Waals surface area (Å²) >= 11 is 0. The molecule has 2 atom stereocenters. The summed E-state index contributed by atoms with van der Waals surface area (Å²) in [6.45, 7) is 9.60. The number of hydrogen-bond donors (Lipinski definition) is 0. The molecule has 0 bridgehead atoms. The van der Waals surface area contributed by atoms with Crippen molar-refractivity contribution >= 4 is 32.3 Å². The SMILES string of the molecule is CCC1(C)c2ccccc2-c2c3ccc4c5ccccc5ccc4c3cc[n+]2C1(C)CC. The number of fused-ring (bicyclic) bond motifs is 9. The molecule has 2 unspecified atom stereocenters. The lowest BCUT2D eigenvalue weighted by Gasteiger charge is -2.46. The molecular weight excluding hydrogens is 386 g/mol. The molecule has 1 heteroatoms. The third kappa shape index (κ3) is 2.26. The second-order valence-electron chi connectivity index (χ2n) is 9.80. The van der Waals surface area contributed by atoms with E-state index in [1.165, 1.54) is 49.1 Å². The van der Waals surface area contributed by atoms with Crippen LogP contribution in [0, 0.1) is 0 Å². The van der Waals surface area contributed by atoms with Crippen molar-refractivity contribution in [3.63, 3.8) is 0 Å². The minimum absolute atomic E-state index is 0.0119. The molecule has 0 radical (unpaired) electrons. The second-order valence-corrected chi connectivity index (χ2v) is 9.80. The zero-order chi connectivity index (χ0) is 22.1. The average Bonchev–Trinajstić information content (AvgIpc) is 2.86. The summed E-state index contributed by atoms with van der Waals surface area (Å²) in [6, 6.07) is 29.4. The fraction of sp³-hybridized carbons (Fsp3) is 0.258. The quantitative estimate of drug-likeness (QED) is 0.203. The van der Waals surface area contributed by atoms with Crippen molar-refractivity contribution in [2.24, 2.45) is 0 Å². The van der Waals surface area contributed by atoms with E-state index in [1.807, 2.05) is 0 Å². The van der Waals surface area contributed by atoms with Crippen molar-refractivity contribution < 1.29 is 4.57 Å². The largest absolute Gasteiger partial charge is 0.221 e. The van der Waals surface area contributed by atoms with Gasteiger partial charge in [-0.15, -0.1) is 0 Å². The molecule has 0 saturated carbocycles. The number of pyridine rings is 1. The summed E-state index contributed by atoms with van der Waals surface area (Å²) in [6.07, 6.45) is 4.56. The Morgan fingerprint density at radius 2 is 1.28 bits per heavy atom. The minimum Gasteiger partial charge on any atom is -0.192 e. The van der Waals surface area contributed by atoms with Gasteiger partial charge in [-0.25, -0.2) is 0 Å². The highest BCUT2D eigenvalue weighted by atomic mass is 15.1. The van der Waals surface area contributed by atoms with Gasteiger partial charge in [-0.05, 0) is 52.6 Å². The Labute approximate surface area is 190 Å². The molecule has 32 heavy (non-hydrogen) atoms. The first-order valence-corrected chi connectivity index (χ1v) is 11.9. The summed E-state index contributed by atoms with van der Waals surface area (Å²) in [4.78, 5) is 0. The number of nitrogens with zero attached hydrogens (tertiary/aromatic N) is 1. The maximum atomic E-state index is 2.59. The van der Waals surface area contributed by atoms with Gasteiger partial charge in [-0.3, -0.25) is 0 Å². The molecule has 5 aromatic rings. The van der Waals surface area contributed by atoms with Gasteiger partial charge in [0.05, 0.1) is 16.4 Å². The molecule has 1 aliphatic heterocycles. The van der Waals surface area contributed by atoms with Crippen LogP contribution in [0.5, 0.6) is 0 Å².